The molecule has 0 unspecified atom stereocenters. The van der Waals surface area contributed by atoms with Gasteiger partial charge in [-0.2, -0.15) is 5.10 Å². The Morgan fingerprint density at radius 1 is 1.08 bits per heavy atom. The van der Waals surface area contributed by atoms with E-state index in [4.69, 9.17) is 9.84 Å². The molecule has 1 aromatic carbocycles. The molecule has 192 valence electrons. The Kier molecular flexibility index (Phi) is 5.78. The van der Waals surface area contributed by atoms with Crippen LogP contribution in [0.15, 0.2) is 24.3 Å². The van der Waals surface area contributed by atoms with Crippen molar-refractivity contribution >= 4 is 17.5 Å². The topological polar surface area (TPSA) is 73.9 Å². The molecule has 36 heavy (non-hydrogen) atoms. The number of anilines is 1. The summed E-state index contributed by atoms with van der Waals surface area (Å²) in [5.74, 6) is 0.533. The van der Waals surface area contributed by atoms with Crippen LogP contribution in [0.5, 0.6) is 0 Å². The molecule has 0 N–H and O–H groups in total. The number of likely N-dealkylation sites (tertiary alicyclic amines) is 1. The van der Waals surface area contributed by atoms with Gasteiger partial charge in [0.05, 0.1) is 29.2 Å². The molecular weight excluding hydrogens is 456 g/mol. The van der Waals surface area contributed by atoms with Crippen molar-refractivity contribution < 1.29 is 14.3 Å². The average molecular weight is 494 g/mol. The van der Waals surface area contributed by atoms with Crippen molar-refractivity contribution in [1.82, 2.24) is 19.6 Å². The fourth-order valence-corrected chi connectivity index (χ4v) is 5.76. The number of hydrogen-bond donors (Lipinski definition) is 0. The number of ether oxygens (including phenoxy) is 1. The number of nitroso groups, excluding NO2 is 1. The largest absolute Gasteiger partial charge is 0.444 e. The maximum absolute atomic E-state index is 12.5. The zero-order valence-corrected chi connectivity index (χ0v) is 21.7. The Labute approximate surface area is 212 Å². The molecule has 0 spiro atoms. The van der Waals surface area contributed by atoms with Crippen LogP contribution in [0.25, 0.3) is 0 Å². The van der Waals surface area contributed by atoms with E-state index in [0.29, 0.717) is 38.3 Å². The zero-order chi connectivity index (χ0) is 25.0. The summed E-state index contributed by atoms with van der Waals surface area (Å²) >= 11 is 0. The number of amides is 1. The van der Waals surface area contributed by atoms with E-state index < -0.39 is 5.60 Å². The highest BCUT2D eigenvalue weighted by Crippen LogP contribution is 2.43. The van der Waals surface area contributed by atoms with Crippen LogP contribution in [0.3, 0.4) is 0 Å². The van der Waals surface area contributed by atoms with E-state index in [1.807, 2.05) is 31.5 Å². The van der Waals surface area contributed by atoms with Crippen LogP contribution in [-0.2, 0) is 24.4 Å². The number of benzene rings is 1. The maximum atomic E-state index is 12.5. The van der Waals surface area contributed by atoms with E-state index in [1.54, 1.807) is 4.90 Å². The van der Waals surface area contributed by atoms with Gasteiger partial charge in [-0.3, -0.25) is 9.58 Å². The third-order valence-corrected chi connectivity index (χ3v) is 7.79. The smallest absolute Gasteiger partial charge is 0.410 e. The Morgan fingerprint density at radius 3 is 2.58 bits per heavy atom. The molecule has 1 saturated carbocycles. The molecule has 1 aromatic heterocycles. The van der Waals surface area contributed by atoms with Crippen LogP contribution < -0.4 is 4.90 Å². The predicted molar refractivity (Wildman–Crippen MR) is 136 cm³/mol. The summed E-state index contributed by atoms with van der Waals surface area (Å²) in [7, 11) is 0. The SMILES string of the molecule is CC(C)(C)OC(=O)N1CCn2nc(CN3CCC(c4ccc5c(c4)N(C4CC4)C[N+]5=O)CC3)cc2C1. The first kappa shape index (κ1) is 23.5. The van der Waals surface area contributed by atoms with Crippen molar-refractivity contribution in [3.8, 4) is 0 Å². The van der Waals surface area contributed by atoms with Gasteiger partial charge in [-0.15, -0.1) is 0 Å². The Bertz CT molecular complexity index is 1170. The number of piperidine rings is 1. The Balaban J connectivity index is 1.05. The molecule has 0 bridgehead atoms. The average Bonchev–Trinajstić information content (AvgIpc) is 3.52. The lowest BCUT2D eigenvalue weighted by molar-refractivity contribution is -0.452. The van der Waals surface area contributed by atoms with Gasteiger partial charge < -0.3 is 14.5 Å². The molecule has 0 radical (unpaired) electrons. The van der Waals surface area contributed by atoms with Crippen LogP contribution in [0.2, 0.25) is 0 Å². The van der Waals surface area contributed by atoms with E-state index in [-0.39, 0.29) is 6.09 Å². The molecule has 4 aliphatic rings. The van der Waals surface area contributed by atoms with Gasteiger partial charge in [0.1, 0.15) is 11.3 Å². The van der Waals surface area contributed by atoms with Crippen LogP contribution >= 0.6 is 0 Å². The van der Waals surface area contributed by atoms with Gasteiger partial charge in [0, 0.05) is 30.1 Å². The van der Waals surface area contributed by atoms with Gasteiger partial charge in [-0.05, 0) is 83.2 Å². The number of carbonyl (C=O) groups is 1. The van der Waals surface area contributed by atoms with Gasteiger partial charge >= 0.3 is 6.09 Å². The normalized spacial score (nSPS) is 21.0. The van der Waals surface area contributed by atoms with Crippen molar-refractivity contribution in [3.05, 3.63) is 46.1 Å². The Hall–Kier alpha value is -2.94. The molecule has 1 amide bonds. The van der Waals surface area contributed by atoms with Gasteiger partial charge in [0.15, 0.2) is 0 Å². The van der Waals surface area contributed by atoms with E-state index in [0.717, 1.165) is 60.0 Å². The first-order valence-corrected chi connectivity index (χ1v) is 13.3. The third kappa shape index (κ3) is 4.73. The molecular formula is C27H37N6O3+. The zero-order valence-electron chi connectivity index (χ0n) is 21.7. The van der Waals surface area contributed by atoms with Gasteiger partial charge in [0.2, 0.25) is 0 Å². The van der Waals surface area contributed by atoms with E-state index in [2.05, 4.69) is 28.0 Å². The molecule has 3 aliphatic heterocycles. The molecule has 0 atom stereocenters. The molecule has 9 heteroatoms. The lowest BCUT2D eigenvalue weighted by atomic mass is 9.89. The number of hydrogen-bond acceptors (Lipinski definition) is 6. The molecule has 6 rings (SSSR count). The molecule has 1 saturated heterocycles. The van der Waals surface area contributed by atoms with Crippen molar-refractivity contribution in [2.75, 3.05) is 31.2 Å². The van der Waals surface area contributed by atoms with Crippen LogP contribution in [0, 0.1) is 4.91 Å². The molecule has 4 heterocycles. The molecule has 1 aliphatic carbocycles. The summed E-state index contributed by atoms with van der Waals surface area (Å²) in [6.07, 6.45) is 4.37. The van der Waals surface area contributed by atoms with Gasteiger partial charge in [-0.1, -0.05) is 6.07 Å². The van der Waals surface area contributed by atoms with Crippen molar-refractivity contribution in [3.63, 3.8) is 0 Å². The number of nitrogens with zero attached hydrogens (tertiary/aromatic N) is 6. The van der Waals surface area contributed by atoms with Crippen molar-refractivity contribution in [1.29, 1.82) is 0 Å². The minimum absolute atomic E-state index is 0.256. The standard InChI is InChI=1S/C27H37N6O3/c1-27(2,3)36-26(34)30-12-13-32-23(17-30)15-21(28-32)16-29-10-8-19(9-11-29)20-4-7-24-25(14-20)31(18-33(24)35)22-5-6-22/h4,7,14-15,19,22H,5-6,8-13,16-18H2,1-3H3/q+1. The van der Waals surface area contributed by atoms with Gasteiger partial charge in [0.25, 0.3) is 12.4 Å². The summed E-state index contributed by atoms with van der Waals surface area (Å²) in [4.78, 5) is 31.4. The first-order valence-electron chi connectivity index (χ1n) is 13.3. The lowest BCUT2D eigenvalue weighted by Crippen LogP contribution is -2.41. The minimum Gasteiger partial charge on any atom is -0.444 e. The summed E-state index contributed by atoms with van der Waals surface area (Å²) in [6.45, 7) is 10.9. The quantitative estimate of drug-likeness (QED) is 0.589. The highest BCUT2D eigenvalue weighted by atomic mass is 16.6. The lowest BCUT2D eigenvalue weighted by Gasteiger charge is -2.31. The number of aromatic nitrogens is 2. The second-order valence-electron chi connectivity index (χ2n) is 11.8. The first-order chi connectivity index (χ1) is 17.2. The van der Waals surface area contributed by atoms with Crippen molar-refractivity contribution in [2.24, 2.45) is 0 Å². The summed E-state index contributed by atoms with van der Waals surface area (Å²) in [6, 6.07) is 9.18. The van der Waals surface area contributed by atoms with Gasteiger partial charge in [-0.25, -0.2) is 4.79 Å². The van der Waals surface area contributed by atoms with E-state index >= 15 is 0 Å². The molecule has 2 fully saturated rings. The van der Waals surface area contributed by atoms with Crippen molar-refractivity contribution in [2.45, 2.75) is 83.6 Å². The minimum atomic E-state index is -0.487. The second kappa shape index (κ2) is 8.87. The number of rotatable bonds is 4. The number of carbonyl (C=O) groups excluding carboxylic acids is 1. The fraction of sp³-hybridized carbons (Fsp3) is 0.630. The second-order valence-corrected chi connectivity index (χ2v) is 11.8. The van der Waals surface area contributed by atoms with E-state index in [9.17, 15) is 9.70 Å². The van der Waals surface area contributed by atoms with E-state index in [1.165, 1.54) is 18.4 Å². The Morgan fingerprint density at radius 2 is 1.86 bits per heavy atom. The van der Waals surface area contributed by atoms with Crippen LogP contribution in [-0.4, -0.2) is 68.4 Å². The number of fused-ring (bicyclic) bond motifs is 2. The maximum Gasteiger partial charge on any atom is 0.410 e. The summed E-state index contributed by atoms with van der Waals surface area (Å²) in [5.41, 5.74) is 4.99. The summed E-state index contributed by atoms with van der Waals surface area (Å²) < 4.78 is 8.72. The molecule has 9 nitrogen and oxygen atoms in total. The highest BCUT2D eigenvalue weighted by molar-refractivity contribution is 5.68. The fourth-order valence-electron chi connectivity index (χ4n) is 5.76. The highest BCUT2D eigenvalue weighted by Gasteiger charge is 2.42. The molecule has 2 aromatic rings. The predicted octanol–water partition coefficient (Wildman–Crippen LogP) is 4.36. The van der Waals surface area contributed by atoms with Crippen LogP contribution in [0.1, 0.15) is 69.3 Å². The third-order valence-electron chi connectivity index (χ3n) is 7.79. The monoisotopic (exact) mass is 493 g/mol. The summed E-state index contributed by atoms with van der Waals surface area (Å²) in [5, 5.41) is 4.82. The van der Waals surface area contributed by atoms with Crippen LogP contribution in [0.4, 0.5) is 16.2 Å².